The second-order valence-electron chi connectivity index (χ2n) is 7.37. The van der Waals surface area contributed by atoms with Crippen LogP contribution in [-0.2, 0) is 6.54 Å². The molecule has 174 valence electrons. The highest BCUT2D eigenvalue weighted by atomic mass is 79.9. The molecule has 0 aliphatic rings. The highest BCUT2D eigenvalue weighted by Gasteiger charge is 2.20. The van der Waals surface area contributed by atoms with Gasteiger partial charge in [-0.25, -0.2) is 14.6 Å². The highest BCUT2D eigenvalue weighted by Crippen LogP contribution is 2.22. The Balaban J connectivity index is 1.76. The topological polar surface area (TPSA) is 146 Å². The van der Waals surface area contributed by atoms with Crippen LogP contribution in [0.2, 0.25) is 0 Å². The average molecular weight is 518 g/mol. The van der Waals surface area contributed by atoms with Crippen molar-refractivity contribution in [3.05, 3.63) is 64.4 Å². The van der Waals surface area contributed by atoms with Crippen molar-refractivity contribution in [1.82, 2.24) is 25.5 Å². The van der Waals surface area contributed by atoms with Gasteiger partial charge in [-0.05, 0) is 36.6 Å². The second-order valence-corrected chi connectivity index (χ2v) is 8.29. The molecule has 1 heterocycles. The van der Waals surface area contributed by atoms with E-state index in [9.17, 15) is 14.4 Å². The molecule has 1 atom stereocenters. The van der Waals surface area contributed by atoms with Crippen molar-refractivity contribution in [1.29, 1.82) is 0 Å². The number of amides is 3. The lowest BCUT2D eigenvalue weighted by molar-refractivity contribution is 0.0933. The molecule has 0 spiro atoms. The minimum atomic E-state index is -1.22. The molecule has 11 heteroatoms. The summed E-state index contributed by atoms with van der Waals surface area (Å²) in [5.41, 5.74) is 2.46. The summed E-state index contributed by atoms with van der Waals surface area (Å²) in [4.78, 5) is 39.2. The summed E-state index contributed by atoms with van der Waals surface area (Å²) in [6, 6.07) is 14.7. The molecule has 0 aliphatic carbocycles. The maximum absolute atomic E-state index is 13.0. The van der Waals surface area contributed by atoms with Crippen molar-refractivity contribution in [3.63, 3.8) is 0 Å². The van der Waals surface area contributed by atoms with E-state index < -0.39 is 24.1 Å². The first-order chi connectivity index (χ1) is 15.8. The number of fused-ring (bicyclic) bond motifs is 1. The number of carbonyl (C=O) groups is 3. The summed E-state index contributed by atoms with van der Waals surface area (Å²) in [6.07, 6.45) is -1.61. The van der Waals surface area contributed by atoms with Crippen molar-refractivity contribution in [3.8, 4) is 0 Å². The van der Waals surface area contributed by atoms with Gasteiger partial charge in [0.1, 0.15) is 0 Å². The fourth-order valence-electron chi connectivity index (χ4n) is 3.43. The van der Waals surface area contributed by atoms with Crippen LogP contribution in [0.4, 0.5) is 9.59 Å². The summed E-state index contributed by atoms with van der Waals surface area (Å²) < 4.78 is 2.68. The Morgan fingerprint density at radius 3 is 2.48 bits per heavy atom. The lowest BCUT2D eigenvalue weighted by Gasteiger charge is -2.18. The van der Waals surface area contributed by atoms with E-state index in [4.69, 9.17) is 10.2 Å². The molecule has 5 N–H and O–H groups in total. The third-order valence-corrected chi connectivity index (χ3v) is 5.43. The summed E-state index contributed by atoms with van der Waals surface area (Å²) in [5.74, 6) is -0.215. The lowest BCUT2D eigenvalue weighted by atomic mass is 10.1. The highest BCUT2D eigenvalue weighted by molar-refractivity contribution is 9.10. The van der Waals surface area contributed by atoms with E-state index in [0.29, 0.717) is 24.9 Å². The van der Waals surface area contributed by atoms with Crippen molar-refractivity contribution in [2.45, 2.75) is 25.4 Å². The van der Waals surface area contributed by atoms with Crippen LogP contribution in [0.25, 0.3) is 11.0 Å². The van der Waals surface area contributed by atoms with Gasteiger partial charge in [0, 0.05) is 30.1 Å². The van der Waals surface area contributed by atoms with Crippen molar-refractivity contribution in [2.75, 3.05) is 13.1 Å². The SMILES string of the molecule is O=C(O)NCCC[C@@H](CNC(=O)c1nc2ccc(Br)cc2n1Cc1ccccc1)NC(=O)O. The first-order valence-corrected chi connectivity index (χ1v) is 11.1. The van der Waals surface area contributed by atoms with Gasteiger partial charge in [0.25, 0.3) is 5.91 Å². The number of imidazole rings is 1. The first kappa shape index (κ1) is 24.1. The minimum absolute atomic E-state index is 0.0381. The largest absolute Gasteiger partial charge is 0.465 e. The summed E-state index contributed by atoms with van der Waals surface area (Å²) >= 11 is 3.46. The average Bonchev–Trinajstić information content (AvgIpc) is 3.12. The lowest BCUT2D eigenvalue weighted by Crippen LogP contribution is -2.44. The summed E-state index contributed by atoms with van der Waals surface area (Å²) in [6.45, 7) is 0.660. The minimum Gasteiger partial charge on any atom is -0.465 e. The first-order valence-electron chi connectivity index (χ1n) is 10.3. The number of hydrogen-bond acceptors (Lipinski definition) is 4. The number of carboxylic acid groups (broad SMARTS) is 2. The number of hydrogen-bond donors (Lipinski definition) is 5. The van der Waals surface area contributed by atoms with Gasteiger partial charge < -0.3 is 30.7 Å². The maximum Gasteiger partial charge on any atom is 0.404 e. The Hall–Kier alpha value is -3.60. The Morgan fingerprint density at radius 2 is 1.79 bits per heavy atom. The molecule has 0 aliphatic heterocycles. The van der Waals surface area contributed by atoms with E-state index in [0.717, 1.165) is 15.6 Å². The van der Waals surface area contributed by atoms with Crippen LogP contribution in [0, 0.1) is 0 Å². The van der Waals surface area contributed by atoms with Crippen LogP contribution in [0.5, 0.6) is 0 Å². The normalized spacial score (nSPS) is 11.7. The molecule has 1 aromatic heterocycles. The molecule has 0 saturated carbocycles. The monoisotopic (exact) mass is 517 g/mol. The molecule has 3 rings (SSSR count). The van der Waals surface area contributed by atoms with Gasteiger partial charge in [-0.1, -0.05) is 46.3 Å². The van der Waals surface area contributed by atoms with Crippen LogP contribution in [0.15, 0.2) is 53.0 Å². The van der Waals surface area contributed by atoms with Crippen LogP contribution in [0.1, 0.15) is 29.0 Å². The molecule has 33 heavy (non-hydrogen) atoms. The van der Waals surface area contributed by atoms with Crippen molar-refractivity contribution >= 4 is 45.1 Å². The Bertz CT molecular complexity index is 1130. The predicted octanol–water partition coefficient (Wildman–Crippen LogP) is 3.26. The van der Waals surface area contributed by atoms with Gasteiger partial charge in [-0.3, -0.25) is 4.79 Å². The number of aromatic nitrogens is 2. The third-order valence-electron chi connectivity index (χ3n) is 4.94. The second kappa shape index (κ2) is 11.3. The molecule has 0 saturated heterocycles. The van der Waals surface area contributed by atoms with Crippen molar-refractivity contribution in [2.24, 2.45) is 0 Å². The molecule has 0 unspecified atom stereocenters. The number of rotatable bonds is 10. The van der Waals surface area contributed by atoms with E-state index in [-0.39, 0.29) is 18.9 Å². The van der Waals surface area contributed by atoms with Crippen LogP contribution in [0.3, 0.4) is 0 Å². The maximum atomic E-state index is 13.0. The van der Waals surface area contributed by atoms with Gasteiger partial charge in [-0.2, -0.15) is 0 Å². The molecular formula is C22H24BrN5O5. The van der Waals surface area contributed by atoms with Crippen LogP contribution >= 0.6 is 15.9 Å². The third kappa shape index (κ3) is 6.94. The van der Waals surface area contributed by atoms with Gasteiger partial charge in [0.15, 0.2) is 5.82 Å². The van der Waals surface area contributed by atoms with Gasteiger partial charge in [0.2, 0.25) is 0 Å². The van der Waals surface area contributed by atoms with E-state index >= 15 is 0 Å². The molecule has 2 aromatic carbocycles. The number of carbonyl (C=O) groups excluding carboxylic acids is 1. The summed E-state index contributed by atoms with van der Waals surface area (Å²) in [5, 5.41) is 25.1. The predicted molar refractivity (Wildman–Crippen MR) is 126 cm³/mol. The molecule has 10 nitrogen and oxygen atoms in total. The molecular weight excluding hydrogens is 494 g/mol. The van der Waals surface area contributed by atoms with Crippen molar-refractivity contribution < 1.29 is 24.6 Å². The Labute approximate surface area is 198 Å². The Morgan fingerprint density at radius 1 is 1.03 bits per heavy atom. The Kier molecular flexibility index (Phi) is 8.25. The standard InChI is InChI=1S/C22H24BrN5O5/c23-15-8-9-17-18(11-15)28(13-14-5-2-1-3-6-14)19(27-17)20(29)25-12-16(26-22(32)33)7-4-10-24-21(30)31/h1-3,5-6,8-9,11,16,24,26H,4,7,10,12-13H2,(H,25,29)(H,30,31)(H,32,33)/t16-/m0/s1. The number of halogens is 1. The fourth-order valence-corrected chi connectivity index (χ4v) is 3.78. The van der Waals surface area contributed by atoms with E-state index in [1.165, 1.54) is 0 Å². The molecule has 3 aromatic rings. The zero-order chi connectivity index (χ0) is 23.8. The fraction of sp³-hybridized carbons (Fsp3) is 0.273. The molecule has 3 amide bonds. The molecule has 0 fully saturated rings. The van der Waals surface area contributed by atoms with Gasteiger partial charge in [0.05, 0.1) is 11.0 Å². The quantitative estimate of drug-likeness (QED) is 0.261. The number of nitrogens with one attached hydrogen (secondary N) is 3. The van der Waals surface area contributed by atoms with Gasteiger partial charge >= 0.3 is 12.2 Å². The number of nitrogens with zero attached hydrogens (tertiary/aromatic N) is 2. The molecule has 0 radical (unpaired) electrons. The summed E-state index contributed by atoms with van der Waals surface area (Å²) in [7, 11) is 0. The van der Waals surface area contributed by atoms with E-state index in [2.05, 4.69) is 36.9 Å². The van der Waals surface area contributed by atoms with Crippen LogP contribution in [-0.4, -0.2) is 57.0 Å². The smallest absolute Gasteiger partial charge is 0.404 e. The van der Waals surface area contributed by atoms with E-state index in [1.807, 2.05) is 53.1 Å². The zero-order valence-electron chi connectivity index (χ0n) is 17.6. The van der Waals surface area contributed by atoms with Crippen LogP contribution < -0.4 is 16.0 Å². The van der Waals surface area contributed by atoms with Gasteiger partial charge in [-0.15, -0.1) is 0 Å². The molecule has 0 bridgehead atoms. The number of benzene rings is 2. The zero-order valence-corrected chi connectivity index (χ0v) is 19.2. The van der Waals surface area contributed by atoms with E-state index in [1.54, 1.807) is 0 Å².